The number of ether oxygens (including phenoxy) is 1. The summed E-state index contributed by atoms with van der Waals surface area (Å²) in [6, 6.07) is 10.1. The third-order valence-corrected chi connectivity index (χ3v) is 4.23. The number of fused-ring (bicyclic) bond motifs is 1. The molecule has 0 aliphatic carbocycles. The molecule has 0 saturated heterocycles. The summed E-state index contributed by atoms with van der Waals surface area (Å²) >= 11 is 9.25. The zero-order valence-corrected chi connectivity index (χ0v) is 13.9. The number of benzene rings is 2. The Labute approximate surface area is 139 Å². The minimum atomic E-state index is -0.306. The van der Waals surface area contributed by atoms with Crippen molar-refractivity contribution in [3.63, 3.8) is 0 Å². The van der Waals surface area contributed by atoms with E-state index in [0.717, 1.165) is 4.47 Å². The molecule has 1 aromatic heterocycles. The lowest BCUT2D eigenvalue weighted by Gasteiger charge is -2.01. The summed E-state index contributed by atoms with van der Waals surface area (Å²) in [5.74, 6) is 0.293. The number of carbonyl (C=O) groups excluding carboxylic acids is 1. The number of rotatable bonds is 3. The van der Waals surface area contributed by atoms with Crippen LogP contribution in [0.15, 0.2) is 45.3 Å². The van der Waals surface area contributed by atoms with E-state index in [-0.39, 0.29) is 17.2 Å². The van der Waals surface area contributed by atoms with Gasteiger partial charge in [-0.3, -0.25) is 4.79 Å². The van der Waals surface area contributed by atoms with Crippen molar-refractivity contribution in [2.75, 3.05) is 12.8 Å². The van der Waals surface area contributed by atoms with E-state index < -0.39 is 0 Å². The number of methoxy groups -OCH3 is 1. The van der Waals surface area contributed by atoms with Gasteiger partial charge in [-0.1, -0.05) is 11.6 Å². The lowest BCUT2D eigenvalue weighted by molar-refractivity contribution is 0.101. The van der Waals surface area contributed by atoms with Crippen molar-refractivity contribution >= 4 is 50.0 Å². The van der Waals surface area contributed by atoms with Gasteiger partial charge < -0.3 is 14.9 Å². The van der Waals surface area contributed by atoms with Gasteiger partial charge >= 0.3 is 0 Å². The molecule has 4 nitrogen and oxygen atoms in total. The Balaban J connectivity index is 2.19. The fraction of sp³-hybridized carbons (Fsp3) is 0.0625. The monoisotopic (exact) mass is 379 g/mol. The number of furan rings is 1. The number of ketones is 1. The molecule has 2 aromatic carbocycles. The molecule has 0 radical (unpaired) electrons. The number of hydrogen-bond acceptors (Lipinski definition) is 4. The Morgan fingerprint density at radius 2 is 1.91 bits per heavy atom. The zero-order valence-electron chi connectivity index (χ0n) is 11.5. The Bertz CT molecular complexity index is 871. The van der Waals surface area contributed by atoms with Gasteiger partial charge in [0.2, 0.25) is 5.78 Å². The smallest absolute Gasteiger partial charge is 0.230 e. The van der Waals surface area contributed by atoms with E-state index in [9.17, 15) is 4.79 Å². The van der Waals surface area contributed by atoms with Crippen LogP contribution < -0.4 is 10.5 Å². The summed E-state index contributed by atoms with van der Waals surface area (Å²) < 4.78 is 11.7. The Kier molecular flexibility index (Phi) is 3.85. The van der Waals surface area contributed by atoms with E-state index in [4.69, 9.17) is 26.5 Å². The fourth-order valence-electron chi connectivity index (χ4n) is 2.22. The molecule has 0 unspecified atom stereocenters. The van der Waals surface area contributed by atoms with Gasteiger partial charge in [-0.2, -0.15) is 0 Å². The molecule has 3 aromatic rings. The molecule has 1 heterocycles. The quantitative estimate of drug-likeness (QED) is 0.671. The van der Waals surface area contributed by atoms with Crippen LogP contribution in [0.4, 0.5) is 5.69 Å². The average molecular weight is 381 g/mol. The Morgan fingerprint density at radius 3 is 2.55 bits per heavy atom. The number of nitrogen functional groups attached to an aromatic ring is 1. The normalized spacial score (nSPS) is 10.9. The second-order valence-electron chi connectivity index (χ2n) is 4.63. The van der Waals surface area contributed by atoms with Crippen molar-refractivity contribution in [2.24, 2.45) is 0 Å². The molecule has 3 rings (SSSR count). The van der Waals surface area contributed by atoms with Gasteiger partial charge in [0.1, 0.15) is 0 Å². The molecule has 2 N–H and O–H groups in total. The molecule has 0 fully saturated rings. The van der Waals surface area contributed by atoms with E-state index in [0.29, 0.717) is 27.3 Å². The first-order valence-corrected chi connectivity index (χ1v) is 7.54. The average Bonchev–Trinajstić information content (AvgIpc) is 2.86. The standard InChI is InChI=1S/C16H11BrClNO3/c1-21-11-7-6-10(17)12-13(19)16(22-15(11)12)14(20)8-2-4-9(18)5-3-8/h2-7H,19H2,1H3. The van der Waals surface area contributed by atoms with Crippen LogP contribution in [0.3, 0.4) is 0 Å². The largest absolute Gasteiger partial charge is 0.493 e. The summed E-state index contributed by atoms with van der Waals surface area (Å²) in [6.45, 7) is 0. The number of hydrogen-bond donors (Lipinski definition) is 1. The van der Waals surface area contributed by atoms with Crippen molar-refractivity contribution < 1.29 is 13.9 Å². The molecule has 22 heavy (non-hydrogen) atoms. The topological polar surface area (TPSA) is 65.5 Å². The maximum atomic E-state index is 12.6. The Morgan fingerprint density at radius 1 is 1.23 bits per heavy atom. The molecule has 0 saturated carbocycles. The second-order valence-corrected chi connectivity index (χ2v) is 5.93. The highest BCUT2D eigenvalue weighted by Gasteiger charge is 2.23. The third-order valence-electron chi connectivity index (χ3n) is 3.32. The summed E-state index contributed by atoms with van der Waals surface area (Å²) in [5, 5.41) is 1.18. The molecule has 0 spiro atoms. The van der Waals surface area contributed by atoms with Crippen LogP contribution in [-0.4, -0.2) is 12.9 Å². The van der Waals surface area contributed by atoms with Gasteiger partial charge in [-0.05, 0) is 52.3 Å². The van der Waals surface area contributed by atoms with Crippen molar-refractivity contribution in [1.82, 2.24) is 0 Å². The first-order chi connectivity index (χ1) is 10.5. The minimum Gasteiger partial charge on any atom is -0.493 e. The van der Waals surface area contributed by atoms with Crippen LogP contribution in [0.25, 0.3) is 11.0 Å². The molecule has 0 amide bonds. The van der Waals surface area contributed by atoms with Gasteiger partial charge in [0.25, 0.3) is 0 Å². The van der Waals surface area contributed by atoms with Crippen LogP contribution >= 0.6 is 27.5 Å². The highest BCUT2D eigenvalue weighted by molar-refractivity contribution is 9.10. The van der Waals surface area contributed by atoms with Crippen LogP contribution in [0.1, 0.15) is 16.1 Å². The van der Waals surface area contributed by atoms with E-state index in [1.165, 1.54) is 7.11 Å². The van der Waals surface area contributed by atoms with E-state index in [1.54, 1.807) is 36.4 Å². The van der Waals surface area contributed by atoms with E-state index >= 15 is 0 Å². The molecule has 0 bridgehead atoms. The first-order valence-electron chi connectivity index (χ1n) is 6.37. The molecule has 0 aliphatic rings. The highest BCUT2D eigenvalue weighted by atomic mass is 79.9. The van der Waals surface area contributed by atoms with Crippen LogP contribution in [-0.2, 0) is 0 Å². The SMILES string of the molecule is COc1ccc(Br)c2c(N)c(C(=O)c3ccc(Cl)cc3)oc12. The maximum absolute atomic E-state index is 12.6. The van der Waals surface area contributed by atoms with Gasteiger partial charge in [0, 0.05) is 15.1 Å². The third kappa shape index (κ3) is 2.36. The van der Waals surface area contributed by atoms with Crippen LogP contribution in [0.2, 0.25) is 5.02 Å². The lowest BCUT2D eigenvalue weighted by atomic mass is 10.1. The van der Waals surface area contributed by atoms with Crippen LogP contribution in [0, 0.1) is 0 Å². The summed E-state index contributed by atoms with van der Waals surface area (Å²) in [7, 11) is 1.53. The molecule has 0 aliphatic heterocycles. The van der Waals surface area contributed by atoms with Crippen molar-refractivity contribution in [1.29, 1.82) is 0 Å². The Hall–Kier alpha value is -1.98. The van der Waals surface area contributed by atoms with Gasteiger partial charge in [-0.25, -0.2) is 0 Å². The lowest BCUT2D eigenvalue weighted by Crippen LogP contribution is -2.02. The fourth-order valence-corrected chi connectivity index (χ4v) is 2.88. The van der Waals surface area contributed by atoms with Crippen molar-refractivity contribution in [3.8, 4) is 5.75 Å². The van der Waals surface area contributed by atoms with Gasteiger partial charge in [0.05, 0.1) is 18.2 Å². The predicted molar refractivity (Wildman–Crippen MR) is 89.8 cm³/mol. The minimum absolute atomic E-state index is 0.0857. The summed E-state index contributed by atoms with van der Waals surface area (Å²) in [4.78, 5) is 12.6. The van der Waals surface area contributed by atoms with Gasteiger partial charge in [-0.15, -0.1) is 0 Å². The number of nitrogens with two attached hydrogens (primary N) is 1. The zero-order chi connectivity index (χ0) is 15.9. The number of carbonyl (C=O) groups is 1. The van der Waals surface area contributed by atoms with E-state index in [2.05, 4.69) is 15.9 Å². The molecular formula is C16H11BrClNO3. The van der Waals surface area contributed by atoms with Crippen molar-refractivity contribution in [3.05, 3.63) is 57.2 Å². The number of halogens is 2. The number of anilines is 1. The molecule has 112 valence electrons. The summed E-state index contributed by atoms with van der Waals surface area (Å²) in [6.07, 6.45) is 0. The maximum Gasteiger partial charge on any atom is 0.230 e. The molecule has 6 heteroatoms. The van der Waals surface area contributed by atoms with Gasteiger partial charge in [0.15, 0.2) is 17.1 Å². The predicted octanol–water partition coefficient (Wildman–Crippen LogP) is 4.67. The first kappa shape index (κ1) is 14.9. The second kappa shape index (κ2) is 5.66. The van der Waals surface area contributed by atoms with E-state index in [1.807, 2.05) is 0 Å². The van der Waals surface area contributed by atoms with Crippen molar-refractivity contribution in [2.45, 2.75) is 0 Å². The van der Waals surface area contributed by atoms with Crippen LogP contribution in [0.5, 0.6) is 5.75 Å². The molecule has 0 atom stereocenters. The summed E-state index contributed by atoms with van der Waals surface area (Å²) in [5.41, 5.74) is 7.27. The molecular weight excluding hydrogens is 370 g/mol. The highest BCUT2D eigenvalue weighted by Crippen LogP contribution is 2.40.